The number of pyridine rings is 2. The van der Waals surface area contributed by atoms with E-state index in [1.54, 1.807) is 25.3 Å². The number of allylic oxidation sites excluding steroid dienone is 1. The third-order valence-corrected chi connectivity index (χ3v) is 4.38. The summed E-state index contributed by atoms with van der Waals surface area (Å²) in [6.45, 7) is 0.598. The average molecular weight is 376 g/mol. The molecule has 0 aliphatic heterocycles. The van der Waals surface area contributed by atoms with E-state index in [0.717, 1.165) is 0 Å². The van der Waals surface area contributed by atoms with Crippen molar-refractivity contribution < 1.29 is 9.47 Å². The number of ether oxygens (including phenoxy) is 2. The summed E-state index contributed by atoms with van der Waals surface area (Å²) in [5, 5.41) is 10.3. The molecule has 2 aromatic heterocycles. The fourth-order valence-electron chi connectivity index (χ4n) is 2.18. The summed E-state index contributed by atoms with van der Waals surface area (Å²) in [5.41, 5.74) is 1.29. The summed E-state index contributed by atoms with van der Waals surface area (Å²) in [5.74, 6) is 1.48. The zero-order chi connectivity index (χ0) is 17.8. The Balaban J connectivity index is 1.96. The first-order chi connectivity index (χ1) is 12.1. The van der Waals surface area contributed by atoms with Crippen molar-refractivity contribution in [2.24, 2.45) is 5.92 Å². The minimum atomic E-state index is 0.314. The number of aromatic nitrogens is 2. The molecule has 0 aromatic carbocycles. The second-order valence-electron chi connectivity index (χ2n) is 5.64. The van der Waals surface area contributed by atoms with Crippen LogP contribution in [0, 0.1) is 17.2 Å². The van der Waals surface area contributed by atoms with Crippen molar-refractivity contribution in [3.05, 3.63) is 45.8 Å². The van der Waals surface area contributed by atoms with Gasteiger partial charge in [-0.2, -0.15) is 5.26 Å². The van der Waals surface area contributed by atoms with E-state index in [1.807, 2.05) is 0 Å². The molecule has 25 heavy (non-hydrogen) atoms. The highest BCUT2D eigenvalue weighted by atomic mass is 35.5. The molecule has 3 rings (SSSR count). The van der Waals surface area contributed by atoms with Gasteiger partial charge >= 0.3 is 0 Å². The molecule has 0 N–H and O–H groups in total. The van der Waals surface area contributed by atoms with Crippen LogP contribution in [0.5, 0.6) is 11.6 Å². The maximum absolute atomic E-state index is 9.54. The van der Waals surface area contributed by atoms with Crippen LogP contribution in [-0.4, -0.2) is 23.7 Å². The van der Waals surface area contributed by atoms with Crippen LogP contribution >= 0.6 is 23.2 Å². The molecule has 1 saturated carbocycles. The molecule has 0 saturated heterocycles. The highest BCUT2D eigenvalue weighted by Crippen LogP contribution is 2.33. The molecule has 0 bridgehead atoms. The van der Waals surface area contributed by atoms with E-state index in [2.05, 4.69) is 16.0 Å². The zero-order valence-electron chi connectivity index (χ0n) is 13.5. The second-order valence-corrected chi connectivity index (χ2v) is 6.46. The van der Waals surface area contributed by atoms with E-state index in [0.29, 0.717) is 51.0 Å². The van der Waals surface area contributed by atoms with Crippen LogP contribution < -0.4 is 9.47 Å². The monoisotopic (exact) mass is 375 g/mol. The second kappa shape index (κ2) is 7.73. The fourth-order valence-corrected chi connectivity index (χ4v) is 2.66. The number of hydrogen-bond donors (Lipinski definition) is 0. The SMILES string of the molecule is COc1ccc(C(C#N)=Cc2c(Cl)cncc2Cl)nc1OCC1CC1. The van der Waals surface area contributed by atoms with Gasteiger partial charge in [-0.25, -0.2) is 4.98 Å². The molecule has 128 valence electrons. The Kier molecular flexibility index (Phi) is 5.42. The van der Waals surface area contributed by atoms with Crippen molar-refractivity contribution in [3.63, 3.8) is 0 Å². The Hall–Kier alpha value is -2.29. The Labute approximate surface area is 155 Å². The van der Waals surface area contributed by atoms with Crippen LogP contribution in [0.3, 0.4) is 0 Å². The molecule has 1 aliphatic carbocycles. The molecule has 0 spiro atoms. The van der Waals surface area contributed by atoms with Crippen molar-refractivity contribution in [2.75, 3.05) is 13.7 Å². The maximum Gasteiger partial charge on any atom is 0.257 e. The molecule has 7 heteroatoms. The third-order valence-electron chi connectivity index (χ3n) is 3.77. The van der Waals surface area contributed by atoms with E-state index in [-0.39, 0.29) is 0 Å². The van der Waals surface area contributed by atoms with Crippen LogP contribution in [-0.2, 0) is 0 Å². The van der Waals surface area contributed by atoms with Gasteiger partial charge in [-0.1, -0.05) is 23.2 Å². The molecule has 0 radical (unpaired) electrons. The molecule has 0 unspecified atom stereocenters. The fraction of sp³-hybridized carbons (Fsp3) is 0.278. The summed E-state index contributed by atoms with van der Waals surface area (Å²) < 4.78 is 11.0. The van der Waals surface area contributed by atoms with E-state index in [1.165, 1.54) is 25.2 Å². The number of nitriles is 1. The van der Waals surface area contributed by atoms with Crippen molar-refractivity contribution in [1.29, 1.82) is 5.26 Å². The van der Waals surface area contributed by atoms with Crippen molar-refractivity contribution in [1.82, 2.24) is 9.97 Å². The molecular weight excluding hydrogens is 361 g/mol. The lowest BCUT2D eigenvalue weighted by molar-refractivity contribution is 0.269. The van der Waals surface area contributed by atoms with Crippen molar-refractivity contribution in [3.8, 4) is 17.7 Å². The number of nitrogens with zero attached hydrogens (tertiary/aromatic N) is 3. The first kappa shape index (κ1) is 17.5. The van der Waals surface area contributed by atoms with Gasteiger partial charge in [0.1, 0.15) is 6.07 Å². The first-order valence-corrected chi connectivity index (χ1v) is 8.47. The highest BCUT2D eigenvalue weighted by molar-refractivity contribution is 6.37. The van der Waals surface area contributed by atoms with E-state index >= 15 is 0 Å². The molecule has 0 amide bonds. The Morgan fingerprint density at radius 3 is 2.64 bits per heavy atom. The van der Waals surface area contributed by atoms with Gasteiger partial charge in [-0.05, 0) is 37.0 Å². The lowest BCUT2D eigenvalue weighted by atomic mass is 10.1. The number of halogens is 2. The zero-order valence-corrected chi connectivity index (χ0v) is 15.0. The van der Waals surface area contributed by atoms with Gasteiger partial charge in [0.2, 0.25) is 0 Å². The van der Waals surface area contributed by atoms with Crippen LogP contribution in [0.2, 0.25) is 10.0 Å². The van der Waals surface area contributed by atoms with Gasteiger partial charge in [-0.15, -0.1) is 0 Å². The quantitative estimate of drug-likeness (QED) is 0.687. The first-order valence-electron chi connectivity index (χ1n) is 7.71. The van der Waals surface area contributed by atoms with E-state index in [4.69, 9.17) is 32.7 Å². The van der Waals surface area contributed by atoms with Gasteiger partial charge in [0.25, 0.3) is 5.88 Å². The highest BCUT2D eigenvalue weighted by Gasteiger charge is 2.23. The molecular formula is C18H15Cl2N3O2. The Morgan fingerprint density at radius 2 is 2.04 bits per heavy atom. The normalized spacial score (nSPS) is 14.1. The van der Waals surface area contributed by atoms with Crippen LogP contribution in [0.25, 0.3) is 11.6 Å². The smallest absolute Gasteiger partial charge is 0.257 e. The molecule has 1 fully saturated rings. The molecule has 0 atom stereocenters. The largest absolute Gasteiger partial charge is 0.491 e. The summed E-state index contributed by atoms with van der Waals surface area (Å²) in [7, 11) is 1.55. The average Bonchev–Trinajstić information content (AvgIpc) is 3.44. The third kappa shape index (κ3) is 4.22. The number of methoxy groups -OCH3 is 1. The maximum atomic E-state index is 9.54. The predicted octanol–water partition coefficient (Wildman–Crippen LogP) is 4.64. The Bertz CT molecular complexity index is 838. The Morgan fingerprint density at radius 1 is 1.32 bits per heavy atom. The van der Waals surface area contributed by atoms with Gasteiger partial charge in [0, 0.05) is 18.0 Å². The molecule has 2 aromatic rings. The summed E-state index contributed by atoms with van der Waals surface area (Å²) in [6.07, 6.45) is 6.88. The van der Waals surface area contributed by atoms with E-state index in [9.17, 15) is 5.26 Å². The summed E-state index contributed by atoms with van der Waals surface area (Å²) in [4.78, 5) is 8.34. The molecule has 2 heterocycles. The molecule has 5 nitrogen and oxygen atoms in total. The summed E-state index contributed by atoms with van der Waals surface area (Å²) in [6, 6.07) is 5.55. The lowest BCUT2D eigenvalue weighted by Gasteiger charge is -2.11. The lowest BCUT2D eigenvalue weighted by Crippen LogP contribution is -2.04. The van der Waals surface area contributed by atoms with Gasteiger partial charge in [0.15, 0.2) is 5.75 Å². The van der Waals surface area contributed by atoms with Gasteiger partial charge in [0.05, 0.1) is 35.0 Å². The van der Waals surface area contributed by atoms with Crippen LogP contribution in [0.15, 0.2) is 24.5 Å². The van der Waals surface area contributed by atoms with E-state index < -0.39 is 0 Å². The minimum Gasteiger partial charge on any atom is -0.491 e. The number of hydrogen-bond acceptors (Lipinski definition) is 5. The minimum absolute atomic E-state index is 0.314. The molecule has 1 aliphatic rings. The van der Waals surface area contributed by atoms with Crippen LogP contribution in [0.1, 0.15) is 24.1 Å². The van der Waals surface area contributed by atoms with Gasteiger partial charge in [-0.3, -0.25) is 4.98 Å². The van der Waals surface area contributed by atoms with Crippen molar-refractivity contribution >= 4 is 34.9 Å². The topological polar surface area (TPSA) is 68.0 Å². The summed E-state index contributed by atoms with van der Waals surface area (Å²) >= 11 is 12.2. The van der Waals surface area contributed by atoms with Crippen molar-refractivity contribution in [2.45, 2.75) is 12.8 Å². The van der Waals surface area contributed by atoms with Gasteiger partial charge < -0.3 is 9.47 Å². The predicted molar refractivity (Wildman–Crippen MR) is 96.7 cm³/mol. The standard InChI is InChI=1S/C18H15Cl2N3O2/c1-24-17-5-4-16(23-18(17)25-10-11-2-3-11)12(7-21)6-13-14(19)8-22-9-15(13)20/h4-6,8-9,11H,2-3,10H2,1H3. The van der Waals surface area contributed by atoms with Crippen LogP contribution in [0.4, 0.5) is 0 Å². The number of rotatable bonds is 6.